The van der Waals surface area contributed by atoms with E-state index in [1.165, 1.54) is 18.3 Å². The molecular weight excluding hydrogens is 340 g/mol. The number of rotatable bonds is 4. The number of Topliss-reactive ketones (excluding diaryl/α,β-unsaturated/α-hetero) is 1. The summed E-state index contributed by atoms with van der Waals surface area (Å²) in [5, 5.41) is 5.08. The number of ether oxygens (including phenoxy) is 2. The van der Waals surface area contributed by atoms with E-state index in [1.807, 2.05) is 0 Å². The molecule has 1 aliphatic heterocycles. The smallest absolute Gasteiger partial charge is 0.230 e. The highest BCUT2D eigenvalue weighted by Crippen LogP contribution is 2.38. The first-order valence-electron chi connectivity index (χ1n) is 6.87. The van der Waals surface area contributed by atoms with Gasteiger partial charge in [0.05, 0.1) is 11.4 Å². The molecule has 1 N–H and O–H groups in total. The number of benzene rings is 1. The van der Waals surface area contributed by atoms with Crippen LogP contribution in [0.3, 0.4) is 0 Å². The third-order valence-electron chi connectivity index (χ3n) is 3.13. The van der Waals surface area contributed by atoms with Crippen molar-refractivity contribution in [3.63, 3.8) is 0 Å². The Labute approximate surface area is 141 Å². The molecular formula is C15H13ClN2O4S. The molecule has 1 aliphatic rings. The number of carbonyl (C=O) groups excluding carboxylic acids is 2. The van der Waals surface area contributed by atoms with Crippen LogP contribution < -0.4 is 14.8 Å². The maximum Gasteiger partial charge on any atom is 0.230 e. The van der Waals surface area contributed by atoms with Gasteiger partial charge >= 0.3 is 0 Å². The molecule has 0 saturated heterocycles. The summed E-state index contributed by atoms with van der Waals surface area (Å²) < 4.78 is 10.9. The monoisotopic (exact) mass is 352 g/mol. The number of hydrogen-bond acceptors (Lipinski definition) is 6. The minimum absolute atomic E-state index is 0.116. The Kier molecular flexibility index (Phi) is 4.49. The predicted octanol–water partition coefficient (Wildman–Crippen LogP) is 2.95. The van der Waals surface area contributed by atoms with Gasteiger partial charge in [-0.2, -0.15) is 0 Å². The fourth-order valence-corrected chi connectivity index (χ4v) is 3.16. The molecule has 0 spiro atoms. The molecule has 6 nitrogen and oxygen atoms in total. The fourth-order valence-electron chi connectivity index (χ4n) is 2.11. The molecule has 0 radical (unpaired) electrons. The molecule has 0 saturated carbocycles. The lowest BCUT2D eigenvalue weighted by molar-refractivity contribution is -0.115. The average Bonchev–Trinajstić information content (AvgIpc) is 2.96. The second-order valence-corrected chi connectivity index (χ2v) is 6.19. The van der Waals surface area contributed by atoms with E-state index in [0.717, 1.165) is 0 Å². The van der Waals surface area contributed by atoms with Crippen molar-refractivity contribution in [2.75, 3.05) is 18.5 Å². The van der Waals surface area contributed by atoms with Crippen LogP contribution in [0.2, 0.25) is 5.02 Å². The number of halogens is 1. The van der Waals surface area contributed by atoms with Gasteiger partial charge in [-0.1, -0.05) is 11.6 Å². The zero-order chi connectivity index (χ0) is 16.4. The molecule has 1 aromatic heterocycles. The number of amides is 1. The van der Waals surface area contributed by atoms with E-state index in [4.69, 9.17) is 21.1 Å². The molecule has 8 heteroatoms. The molecule has 2 heterocycles. The highest BCUT2D eigenvalue weighted by molar-refractivity contribution is 7.14. The molecule has 0 aliphatic carbocycles. The van der Waals surface area contributed by atoms with Crippen LogP contribution in [0, 0.1) is 0 Å². The Morgan fingerprint density at radius 1 is 1.35 bits per heavy atom. The Hall–Kier alpha value is -2.12. The van der Waals surface area contributed by atoms with Gasteiger partial charge in [0, 0.05) is 12.3 Å². The Morgan fingerprint density at radius 3 is 2.87 bits per heavy atom. The molecule has 23 heavy (non-hydrogen) atoms. The third-order valence-corrected chi connectivity index (χ3v) is 4.17. The zero-order valence-electron chi connectivity index (χ0n) is 12.2. The molecule has 1 aromatic carbocycles. The van der Waals surface area contributed by atoms with Crippen LogP contribution in [0.1, 0.15) is 23.0 Å². The molecule has 3 rings (SSSR count). The van der Waals surface area contributed by atoms with E-state index in [2.05, 4.69) is 10.3 Å². The number of thiazole rings is 1. The van der Waals surface area contributed by atoms with Crippen LogP contribution in [0.5, 0.6) is 11.5 Å². The third kappa shape index (κ3) is 3.62. The van der Waals surface area contributed by atoms with Gasteiger partial charge in [0.1, 0.15) is 18.9 Å². The number of anilines is 1. The van der Waals surface area contributed by atoms with Crippen molar-refractivity contribution in [2.24, 2.45) is 0 Å². The van der Waals surface area contributed by atoms with Gasteiger partial charge in [0.15, 0.2) is 22.4 Å². The summed E-state index contributed by atoms with van der Waals surface area (Å²) in [4.78, 5) is 27.3. The van der Waals surface area contributed by atoms with Crippen molar-refractivity contribution in [1.82, 2.24) is 4.98 Å². The number of hydrogen-bond donors (Lipinski definition) is 1. The summed E-state index contributed by atoms with van der Waals surface area (Å²) in [7, 11) is 0. The van der Waals surface area contributed by atoms with Crippen molar-refractivity contribution in [2.45, 2.75) is 13.3 Å². The highest BCUT2D eigenvalue weighted by atomic mass is 35.5. The molecule has 0 unspecified atom stereocenters. The van der Waals surface area contributed by atoms with Gasteiger partial charge in [-0.05, 0) is 17.7 Å². The van der Waals surface area contributed by atoms with Crippen LogP contribution in [-0.4, -0.2) is 29.9 Å². The van der Waals surface area contributed by atoms with Crippen molar-refractivity contribution < 1.29 is 19.1 Å². The summed E-state index contributed by atoms with van der Waals surface area (Å²) in [6.07, 6.45) is 0.116. The van der Waals surface area contributed by atoms with Crippen LogP contribution in [0.25, 0.3) is 0 Å². The van der Waals surface area contributed by atoms with E-state index in [0.29, 0.717) is 46.1 Å². The van der Waals surface area contributed by atoms with Crippen molar-refractivity contribution in [3.05, 3.63) is 33.8 Å². The lowest BCUT2D eigenvalue weighted by Crippen LogP contribution is -2.17. The summed E-state index contributed by atoms with van der Waals surface area (Å²) in [6.45, 7) is 2.33. The summed E-state index contributed by atoms with van der Waals surface area (Å²) in [5.41, 5.74) is 1.05. The van der Waals surface area contributed by atoms with Gasteiger partial charge in [0.2, 0.25) is 5.91 Å². The van der Waals surface area contributed by atoms with Gasteiger partial charge in [0.25, 0.3) is 0 Å². The second kappa shape index (κ2) is 6.55. The topological polar surface area (TPSA) is 77.5 Å². The summed E-state index contributed by atoms with van der Waals surface area (Å²) >= 11 is 7.35. The minimum atomic E-state index is -0.248. The first-order chi connectivity index (χ1) is 11.0. The Balaban J connectivity index is 1.70. The van der Waals surface area contributed by atoms with Crippen molar-refractivity contribution in [3.8, 4) is 11.5 Å². The Bertz CT molecular complexity index is 775. The quantitative estimate of drug-likeness (QED) is 0.856. The van der Waals surface area contributed by atoms with E-state index in [1.54, 1.807) is 17.5 Å². The Morgan fingerprint density at radius 2 is 2.13 bits per heavy atom. The normalized spacial score (nSPS) is 12.8. The zero-order valence-corrected chi connectivity index (χ0v) is 13.8. The molecule has 0 fully saturated rings. The van der Waals surface area contributed by atoms with Crippen LogP contribution in [0.15, 0.2) is 17.5 Å². The van der Waals surface area contributed by atoms with Crippen LogP contribution >= 0.6 is 22.9 Å². The SMILES string of the molecule is CC(=O)c1csc(NC(=O)Cc2cc(Cl)c3c(c2)OCCO3)n1. The predicted molar refractivity (Wildman–Crippen MR) is 86.9 cm³/mol. The van der Waals surface area contributed by atoms with Crippen LogP contribution in [-0.2, 0) is 11.2 Å². The first kappa shape index (κ1) is 15.8. The van der Waals surface area contributed by atoms with Gasteiger partial charge in [-0.3, -0.25) is 9.59 Å². The number of nitrogens with zero attached hydrogens (tertiary/aromatic N) is 1. The van der Waals surface area contributed by atoms with E-state index < -0.39 is 0 Å². The van der Waals surface area contributed by atoms with Gasteiger partial charge in [-0.15, -0.1) is 11.3 Å². The summed E-state index contributed by atoms with van der Waals surface area (Å²) in [5.74, 6) is 0.662. The highest BCUT2D eigenvalue weighted by Gasteiger charge is 2.18. The van der Waals surface area contributed by atoms with E-state index in [-0.39, 0.29) is 18.1 Å². The number of fused-ring (bicyclic) bond motifs is 1. The molecule has 2 aromatic rings. The second-order valence-electron chi connectivity index (χ2n) is 4.92. The molecule has 120 valence electrons. The minimum Gasteiger partial charge on any atom is -0.486 e. The number of nitrogens with one attached hydrogen (secondary N) is 1. The average molecular weight is 353 g/mol. The van der Waals surface area contributed by atoms with Crippen molar-refractivity contribution >= 4 is 39.8 Å². The lowest BCUT2D eigenvalue weighted by Gasteiger charge is -2.20. The standard InChI is InChI=1S/C15H13ClN2O4S/c1-8(19)11-7-23-15(17-11)18-13(20)6-9-4-10(16)14-12(5-9)21-2-3-22-14/h4-5,7H,2-3,6H2,1H3,(H,17,18,20). The van der Waals surface area contributed by atoms with Crippen LogP contribution in [0.4, 0.5) is 5.13 Å². The molecule has 0 bridgehead atoms. The largest absolute Gasteiger partial charge is 0.486 e. The van der Waals surface area contributed by atoms with Crippen molar-refractivity contribution in [1.29, 1.82) is 0 Å². The van der Waals surface area contributed by atoms with E-state index >= 15 is 0 Å². The maximum atomic E-state index is 12.1. The summed E-state index contributed by atoms with van der Waals surface area (Å²) in [6, 6.07) is 3.42. The molecule has 0 atom stereocenters. The number of aromatic nitrogens is 1. The fraction of sp³-hybridized carbons (Fsp3) is 0.267. The van der Waals surface area contributed by atoms with E-state index in [9.17, 15) is 9.59 Å². The number of carbonyl (C=O) groups is 2. The van der Waals surface area contributed by atoms with Gasteiger partial charge in [-0.25, -0.2) is 4.98 Å². The first-order valence-corrected chi connectivity index (χ1v) is 8.13. The maximum absolute atomic E-state index is 12.1. The lowest BCUT2D eigenvalue weighted by atomic mass is 10.1. The molecule has 1 amide bonds. The number of ketones is 1. The van der Waals surface area contributed by atoms with Gasteiger partial charge < -0.3 is 14.8 Å².